The van der Waals surface area contributed by atoms with Crippen molar-refractivity contribution in [1.29, 1.82) is 0 Å². The van der Waals surface area contributed by atoms with Gasteiger partial charge in [0.15, 0.2) is 5.82 Å². The van der Waals surface area contributed by atoms with Gasteiger partial charge in [0.1, 0.15) is 5.82 Å². The van der Waals surface area contributed by atoms with Gasteiger partial charge in [-0.15, -0.1) is 0 Å². The number of benzene rings is 2. The average Bonchev–Trinajstić information content (AvgIpc) is 2.94. The van der Waals surface area contributed by atoms with Crippen LogP contribution in [0.15, 0.2) is 53.6 Å². The zero-order valence-corrected chi connectivity index (χ0v) is 12.9. The molecule has 3 aromatic rings. The van der Waals surface area contributed by atoms with E-state index in [2.05, 4.69) is 15.3 Å². The van der Waals surface area contributed by atoms with E-state index in [0.29, 0.717) is 17.0 Å². The molecule has 0 saturated heterocycles. The van der Waals surface area contributed by atoms with Crippen molar-refractivity contribution in [3.8, 4) is 11.4 Å². The Labute approximate surface area is 140 Å². The van der Waals surface area contributed by atoms with Gasteiger partial charge in [-0.1, -0.05) is 12.1 Å². The Balaban J connectivity index is 2.03. The minimum atomic E-state index is -0.489. The van der Waals surface area contributed by atoms with Gasteiger partial charge in [0.25, 0.3) is 5.69 Å². The molecular weight excluding hydrogens is 333 g/mol. The fraction of sp³-hybridized carbons (Fsp3) is 0. The van der Waals surface area contributed by atoms with Crippen LogP contribution in [0.2, 0.25) is 0 Å². The molecular formula is C15H10FN5O2S. The van der Waals surface area contributed by atoms with Crippen LogP contribution in [0.3, 0.4) is 0 Å². The van der Waals surface area contributed by atoms with Crippen molar-refractivity contribution in [3.63, 3.8) is 0 Å². The monoisotopic (exact) mass is 343 g/mol. The summed E-state index contributed by atoms with van der Waals surface area (Å²) in [6, 6.07) is 11.9. The second kappa shape index (κ2) is 6.50. The van der Waals surface area contributed by atoms with E-state index in [4.69, 9.17) is 12.2 Å². The molecule has 1 N–H and O–H groups in total. The number of nitro groups is 1. The first kappa shape index (κ1) is 15.7. The third kappa shape index (κ3) is 3.10. The van der Waals surface area contributed by atoms with Crippen molar-refractivity contribution in [2.45, 2.75) is 0 Å². The molecule has 1 heterocycles. The molecule has 0 unspecified atom stereocenters. The van der Waals surface area contributed by atoms with Crippen LogP contribution in [0.4, 0.5) is 10.1 Å². The molecule has 0 aliphatic rings. The van der Waals surface area contributed by atoms with Gasteiger partial charge in [0.2, 0.25) is 4.77 Å². The van der Waals surface area contributed by atoms with E-state index in [1.165, 1.54) is 41.2 Å². The van der Waals surface area contributed by atoms with Crippen LogP contribution in [0.25, 0.3) is 11.4 Å². The summed E-state index contributed by atoms with van der Waals surface area (Å²) >= 11 is 5.12. The van der Waals surface area contributed by atoms with Crippen LogP contribution >= 0.6 is 12.2 Å². The molecule has 0 amide bonds. The summed E-state index contributed by atoms with van der Waals surface area (Å²) in [5.74, 6) is -0.00215. The second-order valence-corrected chi connectivity index (χ2v) is 5.12. The fourth-order valence-corrected chi connectivity index (χ4v) is 2.25. The van der Waals surface area contributed by atoms with Gasteiger partial charge in [-0.05, 0) is 42.5 Å². The summed E-state index contributed by atoms with van der Waals surface area (Å²) in [5, 5.41) is 21.9. The predicted molar refractivity (Wildman–Crippen MR) is 88.9 cm³/mol. The standard InChI is InChI=1S/C15H10FN5O2S/c16-12-7-5-10(6-8-12)14-18-19-15(24)20(14)17-9-11-3-1-2-4-13(11)21(22)23/h1-9H,(H,19,24). The van der Waals surface area contributed by atoms with Gasteiger partial charge in [0, 0.05) is 11.6 Å². The lowest BCUT2D eigenvalue weighted by Crippen LogP contribution is -1.98. The number of nitrogens with zero attached hydrogens (tertiary/aromatic N) is 4. The maximum absolute atomic E-state index is 13.0. The van der Waals surface area contributed by atoms with E-state index in [0.717, 1.165) is 0 Å². The Hall–Kier alpha value is -3.20. The maximum Gasteiger partial charge on any atom is 0.278 e. The third-order valence-corrected chi connectivity index (χ3v) is 3.46. The number of hydrogen-bond acceptors (Lipinski definition) is 5. The number of hydrogen-bond donors (Lipinski definition) is 1. The van der Waals surface area contributed by atoms with Gasteiger partial charge < -0.3 is 0 Å². The Morgan fingerprint density at radius 1 is 1.25 bits per heavy atom. The van der Waals surface area contributed by atoms with Gasteiger partial charge in [-0.2, -0.15) is 14.9 Å². The van der Waals surface area contributed by atoms with Crippen molar-refractivity contribution in [3.05, 3.63) is 74.8 Å². The molecule has 24 heavy (non-hydrogen) atoms. The predicted octanol–water partition coefficient (Wildman–Crippen LogP) is 3.54. The number of aromatic amines is 1. The highest BCUT2D eigenvalue weighted by atomic mass is 32.1. The molecule has 0 spiro atoms. The first-order valence-electron chi connectivity index (χ1n) is 6.77. The number of para-hydroxylation sites is 1. The highest BCUT2D eigenvalue weighted by molar-refractivity contribution is 7.71. The minimum absolute atomic E-state index is 0.0698. The van der Waals surface area contributed by atoms with E-state index in [1.54, 1.807) is 18.2 Å². The molecule has 0 atom stereocenters. The lowest BCUT2D eigenvalue weighted by atomic mass is 10.2. The SMILES string of the molecule is O=[N+]([O-])c1ccccc1C=Nn1c(-c2ccc(F)cc2)n[nH]c1=S. The van der Waals surface area contributed by atoms with Crippen LogP contribution in [0.1, 0.15) is 5.56 Å². The Morgan fingerprint density at radius 3 is 2.67 bits per heavy atom. The molecule has 0 saturated carbocycles. The number of nitrogens with one attached hydrogen (secondary N) is 1. The summed E-state index contributed by atoms with van der Waals surface area (Å²) in [5.41, 5.74) is 0.860. The van der Waals surface area contributed by atoms with Gasteiger partial charge in [0.05, 0.1) is 16.7 Å². The molecule has 2 aromatic carbocycles. The van der Waals surface area contributed by atoms with Crippen LogP contribution in [0.5, 0.6) is 0 Å². The zero-order chi connectivity index (χ0) is 17.1. The van der Waals surface area contributed by atoms with Crippen molar-refractivity contribution in [2.24, 2.45) is 5.10 Å². The molecule has 120 valence electrons. The van der Waals surface area contributed by atoms with Crippen molar-refractivity contribution in [1.82, 2.24) is 14.9 Å². The first-order chi connectivity index (χ1) is 11.6. The van der Waals surface area contributed by atoms with Crippen LogP contribution in [0, 0.1) is 20.7 Å². The fourth-order valence-electron chi connectivity index (χ4n) is 2.07. The summed E-state index contributed by atoms with van der Waals surface area (Å²) in [7, 11) is 0. The number of halogens is 1. The smallest absolute Gasteiger partial charge is 0.258 e. The van der Waals surface area contributed by atoms with E-state index in [9.17, 15) is 14.5 Å². The van der Waals surface area contributed by atoms with Gasteiger partial charge >= 0.3 is 0 Å². The first-order valence-corrected chi connectivity index (χ1v) is 7.18. The Bertz CT molecular complexity index is 978. The van der Waals surface area contributed by atoms with Gasteiger partial charge in [-0.25, -0.2) is 9.49 Å². The largest absolute Gasteiger partial charge is 0.278 e. The topological polar surface area (TPSA) is 89.1 Å². The number of nitro benzene ring substituents is 1. The summed E-state index contributed by atoms with van der Waals surface area (Å²) in [6.45, 7) is 0. The van der Waals surface area contributed by atoms with E-state index < -0.39 is 4.92 Å². The molecule has 0 radical (unpaired) electrons. The lowest BCUT2D eigenvalue weighted by Gasteiger charge is -2.01. The third-order valence-electron chi connectivity index (χ3n) is 3.20. The maximum atomic E-state index is 13.0. The quantitative estimate of drug-likeness (QED) is 0.340. The molecule has 0 aliphatic heterocycles. The van der Waals surface area contributed by atoms with E-state index in [1.807, 2.05) is 0 Å². The van der Waals surface area contributed by atoms with E-state index in [-0.39, 0.29) is 16.3 Å². The van der Waals surface area contributed by atoms with Crippen LogP contribution in [-0.2, 0) is 0 Å². The number of H-pyrrole nitrogens is 1. The Morgan fingerprint density at radius 2 is 1.96 bits per heavy atom. The molecule has 9 heteroatoms. The average molecular weight is 343 g/mol. The molecule has 0 aliphatic carbocycles. The molecule has 0 bridgehead atoms. The number of aromatic nitrogens is 3. The second-order valence-electron chi connectivity index (χ2n) is 4.73. The normalized spacial score (nSPS) is 11.0. The minimum Gasteiger partial charge on any atom is -0.258 e. The van der Waals surface area contributed by atoms with E-state index >= 15 is 0 Å². The van der Waals surface area contributed by atoms with Crippen LogP contribution < -0.4 is 0 Å². The van der Waals surface area contributed by atoms with Gasteiger partial charge in [-0.3, -0.25) is 10.1 Å². The summed E-state index contributed by atoms with van der Waals surface area (Å²) in [4.78, 5) is 10.5. The Kier molecular flexibility index (Phi) is 4.25. The highest BCUT2D eigenvalue weighted by Crippen LogP contribution is 2.19. The summed E-state index contributed by atoms with van der Waals surface area (Å²) in [6.07, 6.45) is 1.33. The zero-order valence-electron chi connectivity index (χ0n) is 12.1. The van der Waals surface area contributed by atoms with Crippen LogP contribution in [-0.4, -0.2) is 26.0 Å². The lowest BCUT2D eigenvalue weighted by molar-refractivity contribution is -0.385. The van der Waals surface area contributed by atoms with Crippen molar-refractivity contribution >= 4 is 24.1 Å². The molecule has 3 rings (SSSR count). The molecule has 1 aromatic heterocycles. The molecule has 7 nitrogen and oxygen atoms in total. The number of rotatable bonds is 4. The van der Waals surface area contributed by atoms with Crippen molar-refractivity contribution < 1.29 is 9.31 Å². The highest BCUT2D eigenvalue weighted by Gasteiger charge is 2.12. The van der Waals surface area contributed by atoms with Crippen molar-refractivity contribution in [2.75, 3.05) is 0 Å². The molecule has 0 fully saturated rings. The summed E-state index contributed by atoms with van der Waals surface area (Å²) < 4.78 is 14.6.